The average Bonchev–Trinajstić information content (AvgIpc) is 3.53. The molecule has 4 rings (SSSR count). The van der Waals surface area contributed by atoms with E-state index in [0.29, 0.717) is 39.1 Å². The normalized spacial score (nSPS) is 14.4. The maximum atomic E-state index is 13.1. The second-order valence-electron chi connectivity index (χ2n) is 12.9. The van der Waals surface area contributed by atoms with E-state index in [1.807, 2.05) is 101 Å². The highest BCUT2D eigenvalue weighted by Gasteiger charge is 2.36. The molecule has 0 spiro atoms. The quantitative estimate of drug-likeness (QED) is 0.194. The zero-order chi connectivity index (χ0) is 34.7. The molecule has 1 amide bonds. The summed E-state index contributed by atoms with van der Waals surface area (Å²) < 4.78 is 16.1. The monoisotopic (exact) mass is 645 g/mol. The number of carbonyl (C=O) groups excluding carboxylic acids is 3. The number of carbonyl (C=O) groups is 3. The molecular formula is C40H55NO6. The number of hydrogen-bond donors (Lipinski definition) is 0. The molecule has 7 heteroatoms. The predicted octanol–water partition coefficient (Wildman–Crippen LogP) is 9.01. The van der Waals surface area contributed by atoms with Crippen molar-refractivity contribution < 1.29 is 28.6 Å². The van der Waals surface area contributed by atoms with E-state index < -0.39 is 5.60 Å². The van der Waals surface area contributed by atoms with Crippen molar-refractivity contribution in [3.8, 4) is 5.75 Å². The second-order valence-corrected chi connectivity index (χ2v) is 12.9. The lowest BCUT2D eigenvalue weighted by atomic mass is 9.81. The second kappa shape index (κ2) is 20.9. The van der Waals surface area contributed by atoms with Crippen molar-refractivity contribution >= 4 is 17.8 Å². The number of amides is 1. The van der Waals surface area contributed by atoms with Crippen LogP contribution in [0.4, 0.5) is 4.79 Å². The van der Waals surface area contributed by atoms with Crippen molar-refractivity contribution in [2.24, 2.45) is 11.8 Å². The van der Waals surface area contributed by atoms with Gasteiger partial charge in [0.1, 0.15) is 23.7 Å². The third-order valence-electron chi connectivity index (χ3n) is 7.41. The number of rotatable bonds is 11. The number of Topliss-reactive ketones (excluding diaryl/α,β-unsaturated/α-hetero) is 1. The Morgan fingerprint density at radius 3 is 2.04 bits per heavy atom. The van der Waals surface area contributed by atoms with Gasteiger partial charge in [0, 0.05) is 32.4 Å². The number of esters is 1. The molecule has 47 heavy (non-hydrogen) atoms. The Hall–Kier alpha value is -4.13. The number of benzene rings is 3. The van der Waals surface area contributed by atoms with Crippen molar-refractivity contribution in [1.29, 1.82) is 0 Å². The first-order valence-electron chi connectivity index (χ1n) is 16.8. The highest BCUT2D eigenvalue weighted by atomic mass is 16.6. The lowest BCUT2D eigenvalue weighted by molar-refractivity contribution is -0.140. The molecule has 0 aliphatic carbocycles. The Morgan fingerprint density at radius 2 is 1.51 bits per heavy atom. The van der Waals surface area contributed by atoms with Crippen LogP contribution in [0.3, 0.4) is 0 Å². The van der Waals surface area contributed by atoms with Gasteiger partial charge in [-0.25, -0.2) is 4.79 Å². The van der Waals surface area contributed by atoms with Crippen LogP contribution in [0, 0.1) is 18.8 Å². The molecule has 3 aromatic rings. The minimum absolute atomic E-state index is 0.109. The molecule has 0 N–H and O–H groups in total. The van der Waals surface area contributed by atoms with E-state index >= 15 is 0 Å². The van der Waals surface area contributed by atoms with E-state index in [9.17, 15) is 14.4 Å². The zero-order valence-corrected chi connectivity index (χ0v) is 29.5. The SMILES string of the molecule is CCCC(=O)C(Cc1cccc(OCc2ccccc2)c1)[C@H]1CCN(C(=O)OC(C)(C)C)C1.CCCOC(C)=O.Cc1ccccc1. The van der Waals surface area contributed by atoms with Crippen LogP contribution >= 0.6 is 0 Å². The van der Waals surface area contributed by atoms with Crippen LogP contribution in [0.5, 0.6) is 5.75 Å². The molecular weight excluding hydrogens is 590 g/mol. The third kappa shape index (κ3) is 16.3. The molecule has 1 heterocycles. The van der Waals surface area contributed by atoms with Gasteiger partial charge < -0.3 is 19.1 Å². The van der Waals surface area contributed by atoms with Gasteiger partial charge in [-0.3, -0.25) is 9.59 Å². The van der Waals surface area contributed by atoms with Crippen LogP contribution in [0.15, 0.2) is 84.9 Å². The van der Waals surface area contributed by atoms with Crippen LogP contribution in [-0.4, -0.2) is 48.0 Å². The van der Waals surface area contributed by atoms with Crippen LogP contribution in [0.2, 0.25) is 0 Å². The largest absolute Gasteiger partial charge is 0.489 e. The van der Waals surface area contributed by atoms with Crippen molar-refractivity contribution in [3.63, 3.8) is 0 Å². The Kier molecular flexibility index (Phi) is 17.4. The number of hydrogen-bond acceptors (Lipinski definition) is 6. The molecule has 1 fully saturated rings. The number of ketones is 1. The van der Waals surface area contributed by atoms with Gasteiger partial charge in [-0.1, -0.05) is 92.2 Å². The van der Waals surface area contributed by atoms with E-state index in [1.165, 1.54) is 12.5 Å². The van der Waals surface area contributed by atoms with Crippen LogP contribution in [0.25, 0.3) is 0 Å². The molecule has 1 saturated heterocycles. The minimum Gasteiger partial charge on any atom is -0.489 e. The van der Waals surface area contributed by atoms with Crippen LogP contribution < -0.4 is 4.74 Å². The lowest BCUT2D eigenvalue weighted by Crippen LogP contribution is -2.36. The van der Waals surface area contributed by atoms with Crippen LogP contribution in [-0.2, 0) is 32.1 Å². The summed E-state index contributed by atoms with van der Waals surface area (Å²) in [5, 5.41) is 0. The maximum absolute atomic E-state index is 13.1. The lowest BCUT2D eigenvalue weighted by Gasteiger charge is -2.26. The molecule has 1 unspecified atom stereocenters. The topological polar surface area (TPSA) is 82.1 Å². The zero-order valence-electron chi connectivity index (χ0n) is 29.5. The van der Waals surface area contributed by atoms with Crippen molar-refractivity contribution in [3.05, 3.63) is 102 Å². The fraction of sp³-hybridized carbons (Fsp3) is 0.475. The Morgan fingerprint density at radius 1 is 0.872 bits per heavy atom. The molecule has 256 valence electrons. The number of nitrogens with zero attached hydrogens (tertiary/aromatic N) is 1. The summed E-state index contributed by atoms with van der Waals surface area (Å²) in [5.74, 6) is 0.929. The van der Waals surface area contributed by atoms with Crippen LogP contribution in [0.1, 0.15) is 83.9 Å². The first-order chi connectivity index (χ1) is 22.4. The summed E-state index contributed by atoms with van der Waals surface area (Å²) in [7, 11) is 0. The van der Waals surface area contributed by atoms with Gasteiger partial charge in [0.25, 0.3) is 0 Å². The molecule has 0 bridgehead atoms. The van der Waals surface area contributed by atoms with Gasteiger partial charge in [-0.15, -0.1) is 0 Å². The van der Waals surface area contributed by atoms with Gasteiger partial charge in [0.05, 0.1) is 6.61 Å². The first kappa shape index (κ1) is 39.1. The Bertz CT molecular complexity index is 1340. The van der Waals surface area contributed by atoms with Gasteiger partial charge >= 0.3 is 12.1 Å². The molecule has 0 radical (unpaired) electrons. The van der Waals surface area contributed by atoms with E-state index in [4.69, 9.17) is 9.47 Å². The van der Waals surface area contributed by atoms with Gasteiger partial charge in [0.2, 0.25) is 0 Å². The fourth-order valence-corrected chi connectivity index (χ4v) is 5.12. The van der Waals surface area contributed by atoms with Gasteiger partial charge in [0.15, 0.2) is 0 Å². The highest BCUT2D eigenvalue weighted by Crippen LogP contribution is 2.31. The third-order valence-corrected chi connectivity index (χ3v) is 7.41. The van der Waals surface area contributed by atoms with Crippen molar-refractivity contribution in [2.45, 2.75) is 92.8 Å². The summed E-state index contributed by atoms with van der Waals surface area (Å²) in [5.41, 5.74) is 3.01. The van der Waals surface area contributed by atoms with E-state index in [-0.39, 0.29) is 29.7 Å². The Labute approximate surface area is 282 Å². The molecule has 7 nitrogen and oxygen atoms in total. The summed E-state index contributed by atoms with van der Waals surface area (Å²) in [6, 6.07) is 28.4. The number of aryl methyl sites for hydroxylation is 1. The molecule has 2 atom stereocenters. The number of likely N-dealkylation sites (tertiary alicyclic amines) is 1. The fourth-order valence-electron chi connectivity index (χ4n) is 5.12. The molecule has 0 aromatic heterocycles. The summed E-state index contributed by atoms with van der Waals surface area (Å²) in [6.45, 7) is 15.4. The standard InChI is InChI=1S/C28H37NO4.C7H8.C5H10O2/c1-5-10-26(30)25(23-15-16-29(19-23)27(31)33-28(2,3)4)18-22-13-9-14-24(17-22)32-20-21-11-7-6-8-12-21;1-7-5-3-2-4-6-7;1-3-4-7-5(2)6/h6-9,11-14,17,23,25H,5,10,15-16,18-20H2,1-4H3;2-6H,1H3;3-4H2,1-2H3/t23-,25?;;/m0../s1. The maximum Gasteiger partial charge on any atom is 0.410 e. The van der Waals surface area contributed by atoms with Crippen molar-refractivity contribution in [2.75, 3.05) is 19.7 Å². The smallest absolute Gasteiger partial charge is 0.410 e. The molecule has 3 aromatic carbocycles. The van der Waals surface area contributed by atoms with Gasteiger partial charge in [-0.05, 0) is 82.6 Å². The van der Waals surface area contributed by atoms with E-state index in [2.05, 4.69) is 29.9 Å². The number of ether oxygens (including phenoxy) is 3. The predicted molar refractivity (Wildman–Crippen MR) is 188 cm³/mol. The molecule has 1 aliphatic heterocycles. The van der Waals surface area contributed by atoms with E-state index in [0.717, 1.165) is 36.1 Å². The van der Waals surface area contributed by atoms with Gasteiger partial charge in [-0.2, -0.15) is 0 Å². The highest BCUT2D eigenvalue weighted by molar-refractivity contribution is 5.82. The minimum atomic E-state index is -0.521. The summed E-state index contributed by atoms with van der Waals surface area (Å²) in [6.07, 6.45) is 3.50. The molecule has 1 aliphatic rings. The van der Waals surface area contributed by atoms with Crippen molar-refractivity contribution in [1.82, 2.24) is 4.90 Å². The first-order valence-corrected chi connectivity index (χ1v) is 16.8. The van der Waals surface area contributed by atoms with E-state index in [1.54, 1.807) is 4.90 Å². The average molecular weight is 646 g/mol. The Balaban J connectivity index is 0.000000452. The summed E-state index contributed by atoms with van der Waals surface area (Å²) in [4.78, 5) is 37.3. The summed E-state index contributed by atoms with van der Waals surface area (Å²) >= 11 is 0. The molecule has 0 saturated carbocycles.